The molecule has 0 aliphatic rings. The summed E-state index contributed by atoms with van der Waals surface area (Å²) in [5, 5.41) is 0. The molecule has 0 heterocycles. The van der Waals surface area contributed by atoms with Gasteiger partial charge in [-0.1, -0.05) is 48.9 Å². The van der Waals surface area contributed by atoms with Crippen LogP contribution in [0, 0.1) is 0 Å². The maximum atomic E-state index is 12.3. The lowest BCUT2D eigenvalue weighted by Crippen LogP contribution is -2.35. The molecule has 0 amide bonds. The largest absolute Gasteiger partial charge is 0.445 e. The number of ether oxygens (including phenoxy) is 1. The fourth-order valence-corrected chi connectivity index (χ4v) is 1.98. The van der Waals surface area contributed by atoms with Gasteiger partial charge in [-0.05, 0) is 18.9 Å². The first-order valence-corrected chi connectivity index (χ1v) is 6.82. The van der Waals surface area contributed by atoms with Crippen LogP contribution in [0.5, 0.6) is 0 Å². The number of carbonyl (C=O) groups excluding carboxylic acids is 2. The molecule has 0 fully saturated rings. The Morgan fingerprint density at radius 1 is 1.42 bits per heavy atom. The van der Waals surface area contributed by atoms with E-state index in [-0.39, 0.29) is 12.4 Å². The van der Waals surface area contributed by atoms with Crippen molar-refractivity contribution in [3.8, 4) is 0 Å². The molecule has 4 heteroatoms. The molecule has 19 heavy (non-hydrogen) atoms. The molecule has 0 N–H and O–H groups in total. The number of esters is 1. The Bertz CT molecular complexity index is 419. The van der Waals surface area contributed by atoms with Crippen LogP contribution in [-0.2, 0) is 19.7 Å². The number of hydrogen-bond acceptors (Lipinski definition) is 3. The van der Waals surface area contributed by atoms with E-state index >= 15 is 0 Å². The van der Waals surface area contributed by atoms with Gasteiger partial charge in [0.05, 0.1) is 5.41 Å². The van der Waals surface area contributed by atoms with E-state index in [0.29, 0.717) is 12.8 Å². The summed E-state index contributed by atoms with van der Waals surface area (Å²) < 4.78 is 5.23. The molecule has 2 unspecified atom stereocenters. The minimum Gasteiger partial charge on any atom is -0.445 e. The van der Waals surface area contributed by atoms with Crippen LogP contribution < -0.4 is 0 Å². The Hall–Kier alpha value is -1.35. The Morgan fingerprint density at radius 3 is 2.58 bits per heavy atom. The van der Waals surface area contributed by atoms with Crippen LogP contribution in [0.3, 0.4) is 0 Å². The lowest BCUT2D eigenvalue weighted by atomic mass is 9.80. The van der Waals surface area contributed by atoms with Crippen LogP contribution >= 0.6 is 11.6 Å². The fourth-order valence-electron chi connectivity index (χ4n) is 1.78. The lowest BCUT2D eigenvalue weighted by Gasteiger charge is -2.27. The Morgan fingerprint density at radius 2 is 2.05 bits per heavy atom. The summed E-state index contributed by atoms with van der Waals surface area (Å²) in [7, 11) is 0. The number of hydrogen-bond donors (Lipinski definition) is 0. The van der Waals surface area contributed by atoms with Gasteiger partial charge in [0, 0.05) is 12.8 Å². The van der Waals surface area contributed by atoms with Gasteiger partial charge >= 0.3 is 5.97 Å². The molecule has 104 valence electrons. The van der Waals surface area contributed by atoms with Crippen LogP contribution in [0.4, 0.5) is 0 Å². The summed E-state index contributed by atoms with van der Waals surface area (Å²) in [6.07, 6.45) is 2.01. The molecule has 1 aromatic rings. The molecule has 0 aliphatic carbocycles. The smallest absolute Gasteiger partial charge is 0.317 e. The molecular formula is C15H19ClO3. The van der Waals surface area contributed by atoms with Gasteiger partial charge in [0.15, 0.2) is 5.56 Å². The zero-order chi connectivity index (χ0) is 14.3. The second kappa shape index (κ2) is 7.29. The summed E-state index contributed by atoms with van der Waals surface area (Å²) in [5.41, 5.74) is -0.565. The molecule has 0 aliphatic heterocycles. The molecule has 1 aromatic carbocycles. The molecule has 0 saturated heterocycles. The molecule has 0 radical (unpaired) electrons. The van der Waals surface area contributed by atoms with E-state index in [2.05, 4.69) is 0 Å². The highest BCUT2D eigenvalue weighted by Crippen LogP contribution is 2.30. The Kier molecular flexibility index (Phi) is 6.03. The van der Waals surface area contributed by atoms with Crippen molar-refractivity contribution in [3.05, 3.63) is 35.9 Å². The van der Waals surface area contributed by atoms with Gasteiger partial charge in [0.25, 0.3) is 0 Å². The van der Waals surface area contributed by atoms with Crippen molar-refractivity contribution in [2.45, 2.75) is 44.1 Å². The van der Waals surface area contributed by atoms with Gasteiger partial charge in [-0.2, -0.15) is 0 Å². The predicted octanol–water partition coefficient (Wildman–Crippen LogP) is 3.44. The lowest BCUT2D eigenvalue weighted by molar-refractivity contribution is -0.152. The number of rotatable bonds is 7. The molecular weight excluding hydrogens is 264 g/mol. The van der Waals surface area contributed by atoms with Crippen LogP contribution in [0.25, 0.3) is 0 Å². The normalized spacial score (nSPS) is 15.3. The van der Waals surface area contributed by atoms with Gasteiger partial charge in [0.2, 0.25) is 0 Å². The highest BCUT2D eigenvalue weighted by molar-refractivity contribution is 6.20. The van der Waals surface area contributed by atoms with Crippen molar-refractivity contribution < 1.29 is 14.3 Å². The zero-order valence-corrected chi connectivity index (χ0v) is 12.0. The topological polar surface area (TPSA) is 43.4 Å². The van der Waals surface area contributed by atoms with Crippen LogP contribution in [0.1, 0.15) is 38.7 Å². The van der Waals surface area contributed by atoms with Gasteiger partial charge in [-0.15, -0.1) is 0 Å². The van der Waals surface area contributed by atoms with Crippen LogP contribution in [-0.4, -0.2) is 17.8 Å². The van der Waals surface area contributed by atoms with Crippen molar-refractivity contribution in [1.29, 1.82) is 0 Å². The van der Waals surface area contributed by atoms with Gasteiger partial charge in [-0.25, -0.2) is 0 Å². The minimum absolute atomic E-state index is 0.287. The maximum absolute atomic E-state index is 12.3. The predicted molar refractivity (Wildman–Crippen MR) is 75.1 cm³/mol. The van der Waals surface area contributed by atoms with Gasteiger partial charge in [-0.3, -0.25) is 4.79 Å². The molecule has 0 saturated carbocycles. The summed E-state index contributed by atoms with van der Waals surface area (Å²) >= 11 is 5.90. The fraction of sp³-hybridized carbons (Fsp3) is 0.467. The van der Waals surface area contributed by atoms with Crippen molar-refractivity contribution in [1.82, 2.24) is 0 Å². The Labute approximate surface area is 118 Å². The van der Waals surface area contributed by atoms with E-state index in [9.17, 15) is 9.59 Å². The number of aldehydes is 1. The van der Waals surface area contributed by atoms with Crippen LogP contribution in [0.2, 0.25) is 0 Å². The van der Waals surface area contributed by atoms with E-state index in [0.717, 1.165) is 11.8 Å². The molecule has 3 nitrogen and oxygen atoms in total. The highest BCUT2D eigenvalue weighted by atomic mass is 35.5. The first kappa shape index (κ1) is 15.7. The summed E-state index contributed by atoms with van der Waals surface area (Å²) in [5.74, 6) is -0.355. The molecule has 0 spiro atoms. The monoisotopic (exact) mass is 282 g/mol. The maximum Gasteiger partial charge on any atom is 0.317 e. The van der Waals surface area contributed by atoms with Gasteiger partial charge in [0.1, 0.15) is 6.29 Å². The summed E-state index contributed by atoms with van der Waals surface area (Å²) in [4.78, 5) is 22.5. The quantitative estimate of drug-likeness (QED) is 0.437. The standard InChI is InChI=1S/C15H19ClO3/c1-3-15(2,12-8-5-4-6-9-12)14(18)19-13(16)10-7-11-17/h4-6,8-9,11,13H,3,7,10H2,1-2H3. The zero-order valence-electron chi connectivity index (χ0n) is 11.3. The molecule has 2 atom stereocenters. The van der Waals surface area contributed by atoms with Crippen molar-refractivity contribution in [2.75, 3.05) is 0 Å². The molecule has 1 rings (SSSR count). The van der Waals surface area contributed by atoms with E-state index in [1.54, 1.807) is 0 Å². The number of halogens is 1. The van der Waals surface area contributed by atoms with E-state index in [4.69, 9.17) is 16.3 Å². The molecule has 0 aromatic heterocycles. The molecule has 0 bridgehead atoms. The third-order valence-electron chi connectivity index (χ3n) is 3.31. The van der Waals surface area contributed by atoms with Crippen molar-refractivity contribution in [2.24, 2.45) is 0 Å². The summed E-state index contributed by atoms with van der Waals surface area (Å²) in [6, 6.07) is 9.49. The average molecular weight is 283 g/mol. The third-order valence-corrected chi connectivity index (χ3v) is 3.62. The van der Waals surface area contributed by atoms with Gasteiger partial charge < -0.3 is 9.53 Å². The van der Waals surface area contributed by atoms with Crippen LogP contribution in [0.15, 0.2) is 30.3 Å². The first-order chi connectivity index (χ1) is 9.04. The second-order valence-electron chi connectivity index (χ2n) is 4.61. The van der Waals surface area contributed by atoms with Crippen molar-refractivity contribution in [3.63, 3.8) is 0 Å². The SMILES string of the molecule is CCC(C)(C(=O)OC(Cl)CCC=O)c1ccccc1. The first-order valence-electron chi connectivity index (χ1n) is 6.39. The summed E-state index contributed by atoms with van der Waals surface area (Å²) in [6.45, 7) is 3.77. The van der Waals surface area contributed by atoms with Crippen molar-refractivity contribution >= 4 is 23.9 Å². The highest BCUT2D eigenvalue weighted by Gasteiger charge is 2.36. The van der Waals surface area contributed by atoms with E-state index in [1.807, 2.05) is 44.2 Å². The average Bonchev–Trinajstić information content (AvgIpc) is 2.45. The van der Waals surface area contributed by atoms with E-state index < -0.39 is 11.0 Å². The minimum atomic E-state index is -0.757. The third kappa shape index (κ3) is 4.06. The van der Waals surface area contributed by atoms with E-state index in [1.165, 1.54) is 0 Å². The Balaban J connectivity index is 2.79. The number of alkyl halides is 1. The number of benzene rings is 1. The second-order valence-corrected chi connectivity index (χ2v) is 5.10. The number of carbonyl (C=O) groups is 2.